The second-order valence-electron chi connectivity index (χ2n) is 3.70. The quantitative estimate of drug-likeness (QED) is 0.794. The van der Waals surface area contributed by atoms with Crippen LogP contribution in [-0.2, 0) is 4.79 Å². The lowest BCUT2D eigenvalue weighted by Crippen LogP contribution is -2.18. The van der Waals surface area contributed by atoms with Gasteiger partial charge in [0.05, 0.1) is 6.04 Å². The molecule has 0 radical (unpaired) electrons. The monoisotopic (exact) mass is 231 g/mol. The maximum Gasteiger partial charge on any atom is 0.143 e. The van der Waals surface area contributed by atoms with Crippen LogP contribution in [-0.4, -0.2) is 31.8 Å². The highest BCUT2D eigenvalue weighted by atomic mass is 16.1. The molecule has 0 aliphatic carbocycles. The minimum Gasteiger partial charge on any atom is -0.361 e. The number of hydrogen-bond donors (Lipinski definition) is 1. The van der Waals surface area contributed by atoms with E-state index in [0.29, 0.717) is 11.6 Å². The molecule has 0 fully saturated rings. The van der Waals surface area contributed by atoms with E-state index in [4.69, 9.17) is 0 Å². The molecule has 0 spiro atoms. The van der Waals surface area contributed by atoms with Crippen LogP contribution in [0.3, 0.4) is 0 Å². The summed E-state index contributed by atoms with van der Waals surface area (Å²) in [6.07, 6.45) is 5.97. The van der Waals surface area contributed by atoms with Crippen LogP contribution in [0.1, 0.15) is 12.7 Å². The van der Waals surface area contributed by atoms with Crippen LogP contribution in [0.15, 0.2) is 24.8 Å². The Morgan fingerprint density at radius 3 is 2.94 bits per heavy atom. The van der Waals surface area contributed by atoms with Crippen molar-refractivity contribution in [3.63, 3.8) is 0 Å². The summed E-state index contributed by atoms with van der Waals surface area (Å²) in [5.41, 5.74) is 0. The van der Waals surface area contributed by atoms with E-state index >= 15 is 0 Å². The fourth-order valence-corrected chi connectivity index (χ4v) is 1.42. The second kappa shape index (κ2) is 4.73. The second-order valence-corrected chi connectivity index (χ2v) is 3.70. The zero-order valence-corrected chi connectivity index (χ0v) is 9.66. The molecule has 1 N–H and O–H groups in total. The van der Waals surface area contributed by atoms with Crippen LogP contribution in [0.5, 0.6) is 0 Å². The number of imidazole rings is 1. The molecule has 6 nitrogen and oxygen atoms in total. The SMILES string of the molecule is Cc1nc(N[C@H](C)C=O)cc(-n2ccnc2)n1. The van der Waals surface area contributed by atoms with Crippen molar-refractivity contribution in [2.75, 3.05) is 5.32 Å². The van der Waals surface area contributed by atoms with E-state index < -0.39 is 0 Å². The fraction of sp³-hybridized carbons (Fsp3) is 0.273. The topological polar surface area (TPSA) is 72.7 Å². The number of carbonyl (C=O) groups is 1. The summed E-state index contributed by atoms with van der Waals surface area (Å²) in [4.78, 5) is 23.1. The van der Waals surface area contributed by atoms with Gasteiger partial charge in [-0.05, 0) is 13.8 Å². The number of nitrogens with zero attached hydrogens (tertiary/aromatic N) is 4. The van der Waals surface area contributed by atoms with Gasteiger partial charge >= 0.3 is 0 Å². The van der Waals surface area contributed by atoms with Crippen LogP contribution in [0, 0.1) is 6.92 Å². The first-order chi connectivity index (χ1) is 8.19. The summed E-state index contributed by atoms with van der Waals surface area (Å²) in [6.45, 7) is 3.57. The van der Waals surface area contributed by atoms with Crippen molar-refractivity contribution < 1.29 is 4.79 Å². The molecule has 1 atom stereocenters. The number of nitrogens with one attached hydrogen (secondary N) is 1. The van der Waals surface area contributed by atoms with E-state index in [2.05, 4.69) is 20.3 Å². The Bertz CT molecular complexity index is 509. The Morgan fingerprint density at radius 1 is 1.47 bits per heavy atom. The molecule has 6 heteroatoms. The number of anilines is 1. The third-order valence-corrected chi connectivity index (χ3v) is 2.17. The lowest BCUT2D eigenvalue weighted by molar-refractivity contribution is -0.108. The van der Waals surface area contributed by atoms with Gasteiger partial charge in [-0.2, -0.15) is 0 Å². The van der Waals surface area contributed by atoms with Crippen molar-refractivity contribution in [2.45, 2.75) is 19.9 Å². The summed E-state index contributed by atoms with van der Waals surface area (Å²) in [7, 11) is 0. The molecule has 2 rings (SSSR count). The van der Waals surface area contributed by atoms with Crippen LogP contribution >= 0.6 is 0 Å². The summed E-state index contributed by atoms with van der Waals surface area (Å²) in [5.74, 6) is 1.98. The van der Waals surface area contributed by atoms with Gasteiger partial charge < -0.3 is 10.1 Å². The number of carbonyl (C=O) groups excluding carboxylic acids is 1. The average molecular weight is 231 g/mol. The van der Waals surface area contributed by atoms with Gasteiger partial charge in [0.2, 0.25) is 0 Å². The minimum absolute atomic E-state index is 0.278. The number of hydrogen-bond acceptors (Lipinski definition) is 5. The molecule has 0 aliphatic heterocycles. The summed E-state index contributed by atoms with van der Waals surface area (Å²) >= 11 is 0. The van der Waals surface area contributed by atoms with E-state index in [9.17, 15) is 4.79 Å². The molecule has 0 unspecified atom stereocenters. The lowest BCUT2D eigenvalue weighted by Gasteiger charge is -2.10. The molecule has 0 saturated carbocycles. The highest BCUT2D eigenvalue weighted by molar-refractivity contribution is 5.62. The number of aromatic nitrogens is 4. The Hall–Kier alpha value is -2.24. The molecule has 17 heavy (non-hydrogen) atoms. The third kappa shape index (κ3) is 2.66. The van der Waals surface area contributed by atoms with Gasteiger partial charge in [0, 0.05) is 18.5 Å². The zero-order chi connectivity index (χ0) is 12.3. The van der Waals surface area contributed by atoms with E-state index in [1.165, 1.54) is 0 Å². The van der Waals surface area contributed by atoms with E-state index in [1.807, 2.05) is 0 Å². The first kappa shape index (κ1) is 11.3. The predicted molar refractivity (Wildman–Crippen MR) is 63.0 cm³/mol. The molecule has 2 heterocycles. The van der Waals surface area contributed by atoms with Gasteiger partial charge in [0.15, 0.2) is 0 Å². The van der Waals surface area contributed by atoms with E-state index in [1.54, 1.807) is 43.2 Å². The molecule has 0 amide bonds. The van der Waals surface area contributed by atoms with E-state index in [-0.39, 0.29) is 6.04 Å². The summed E-state index contributed by atoms with van der Waals surface area (Å²) < 4.78 is 1.78. The van der Waals surface area contributed by atoms with Gasteiger partial charge in [0.1, 0.15) is 30.1 Å². The minimum atomic E-state index is -0.278. The van der Waals surface area contributed by atoms with Crippen molar-refractivity contribution in [3.8, 4) is 5.82 Å². The average Bonchev–Trinajstić information content (AvgIpc) is 2.81. The Labute approximate surface area is 98.7 Å². The molecule has 0 aromatic carbocycles. The zero-order valence-electron chi connectivity index (χ0n) is 9.66. The van der Waals surface area contributed by atoms with Gasteiger partial charge in [-0.15, -0.1) is 0 Å². The van der Waals surface area contributed by atoms with Crippen LogP contribution < -0.4 is 5.32 Å². The predicted octanol–water partition coefficient (Wildman–Crippen LogP) is 0.970. The Morgan fingerprint density at radius 2 is 2.29 bits per heavy atom. The smallest absolute Gasteiger partial charge is 0.143 e. The van der Waals surface area contributed by atoms with Crippen LogP contribution in [0.25, 0.3) is 5.82 Å². The summed E-state index contributed by atoms with van der Waals surface area (Å²) in [5, 5.41) is 2.98. The molecule has 0 saturated heterocycles. The van der Waals surface area contributed by atoms with Crippen molar-refractivity contribution in [1.82, 2.24) is 19.5 Å². The lowest BCUT2D eigenvalue weighted by atomic mass is 10.3. The summed E-state index contributed by atoms with van der Waals surface area (Å²) in [6, 6.07) is 1.49. The molecule has 2 aromatic rings. The van der Waals surface area contributed by atoms with Crippen LogP contribution in [0.4, 0.5) is 5.82 Å². The highest BCUT2D eigenvalue weighted by Crippen LogP contribution is 2.11. The molecule has 0 aliphatic rings. The highest BCUT2D eigenvalue weighted by Gasteiger charge is 2.05. The number of aldehydes is 1. The van der Waals surface area contributed by atoms with Crippen LogP contribution in [0.2, 0.25) is 0 Å². The third-order valence-electron chi connectivity index (χ3n) is 2.17. The molecule has 88 valence electrons. The maximum atomic E-state index is 10.6. The molecular formula is C11H13N5O. The molecule has 0 bridgehead atoms. The van der Waals surface area contributed by atoms with Gasteiger partial charge in [-0.1, -0.05) is 0 Å². The van der Waals surface area contributed by atoms with Crippen molar-refractivity contribution >= 4 is 12.1 Å². The molecule has 2 aromatic heterocycles. The van der Waals surface area contributed by atoms with Gasteiger partial charge in [-0.3, -0.25) is 4.57 Å². The first-order valence-electron chi connectivity index (χ1n) is 5.25. The van der Waals surface area contributed by atoms with Crippen molar-refractivity contribution in [3.05, 3.63) is 30.6 Å². The largest absolute Gasteiger partial charge is 0.361 e. The fourth-order valence-electron chi connectivity index (χ4n) is 1.42. The van der Waals surface area contributed by atoms with Crippen molar-refractivity contribution in [1.29, 1.82) is 0 Å². The standard InChI is InChI=1S/C11H13N5O/c1-8(6-17)13-10-5-11(15-9(2)14-10)16-4-3-12-7-16/h3-8H,1-2H3,(H,13,14,15)/t8-/m1/s1. The maximum absolute atomic E-state index is 10.6. The Kier molecular flexibility index (Phi) is 3.13. The number of rotatable bonds is 4. The first-order valence-corrected chi connectivity index (χ1v) is 5.25. The normalized spacial score (nSPS) is 12.1. The van der Waals surface area contributed by atoms with Gasteiger partial charge in [0.25, 0.3) is 0 Å². The number of aryl methyl sites for hydroxylation is 1. The van der Waals surface area contributed by atoms with Crippen molar-refractivity contribution in [2.24, 2.45) is 0 Å². The van der Waals surface area contributed by atoms with Gasteiger partial charge in [-0.25, -0.2) is 15.0 Å². The molecular weight excluding hydrogens is 218 g/mol. The Balaban J connectivity index is 2.33. The van der Waals surface area contributed by atoms with E-state index in [0.717, 1.165) is 12.1 Å².